The maximum atomic E-state index is 4.53. The third-order valence-corrected chi connectivity index (χ3v) is 3.51. The van der Waals surface area contributed by atoms with Crippen molar-refractivity contribution in [1.82, 2.24) is 9.97 Å². The number of hydrogen-bond acceptors (Lipinski definition) is 4. The van der Waals surface area contributed by atoms with E-state index >= 15 is 0 Å². The van der Waals surface area contributed by atoms with E-state index in [1.807, 2.05) is 14.0 Å². The van der Waals surface area contributed by atoms with E-state index in [1.54, 1.807) is 0 Å². The number of nitrogens with one attached hydrogen (secondary N) is 1. The average Bonchev–Trinajstić information content (AvgIpc) is 2.28. The highest BCUT2D eigenvalue weighted by atomic mass is 15.2. The van der Waals surface area contributed by atoms with Crippen LogP contribution in [0.5, 0.6) is 0 Å². The third-order valence-electron chi connectivity index (χ3n) is 3.51. The van der Waals surface area contributed by atoms with Gasteiger partial charge in [-0.25, -0.2) is 4.98 Å². The van der Waals surface area contributed by atoms with Gasteiger partial charge < -0.3 is 10.2 Å². The largest absolute Gasteiger partial charge is 0.357 e. The minimum Gasteiger partial charge on any atom is -0.357 e. The van der Waals surface area contributed by atoms with Crippen LogP contribution in [0.1, 0.15) is 32.4 Å². The standard InChI is InChI=1S/C13H22N4/c1-10-9-11(16-12(14-4)15-10)17-7-5-13(2,3)6-8-17/h9H,5-8H2,1-4H3,(H,14,15,16). The fraction of sp³-hybridized carbons (Fsp3) is 0.692. The topological polar surface area (TPSA) is 41.1 Å². The SMILES string of the molecule is CNc1nc(C)cc(N2CCC(C)(C)CC2)n1. The van der Waals surface area contributed by atoms with E-state index in [2.05, 4.69) is 40.1 Å². The Labute approximate surface area is 103 Å². The van der Waals surface area contributed by atoms with Crippen LogP contribution in [-0.2, 0) is 0 Å². The highest BCUT2D eigenvalue weighted by Gasteiger charge is 2.26. The molecular formula is C13H22N4. The quantitative estimate of drug-likeness (QED) is 0.853. The summed E-state index contributed by atoms with van der Waals surface area (Å²) in [5.74, 6) is 1.77. The first kappa shape index (κ1) is 12.1. The van der Waals surface area contributed by atoms with Crippen molar-refractivity contribution in [3.63, 3.8) is 0 Å². The van der Waals surface area contributed by atoms with Gasteiger partial charge in [0.25, 0.3) is 0 Å². The third kappa shape index (κ3) is 2.87. The monoisotopic (exact) mass is 234 g/mol. The Morgan fingerprint density at radius 1 is 1.24 bits per heavy atom. The summed E-state index contributed by atoms with van der Waals surface area (Å²) < 4.78 is 0. The lowest BCUT2D eigenvalue weighted by Gasteiger charge is -2.37. The molecule has 2 rings (SSSR count). The summed E-state index contributed by atoms with van der Waals surface area (Å²) >= 11 is 0. The van der Waals surface area contributed by atoms with Crippen LogP contribution in [0.15, 0.2) is 6.07 Å². The van der Waals surface area contributed by atoms with Crippen molar-refractivity contribution in [1.29, 1.82) is 0 Å². The van der Waals surface area contributed by atoms with Gasteiger partial charge in [-0.15, -0.1) is 0 Å². The van der Waals surface area contributed by atoms with Crippen LogP contribution in [0.25, 0.3) is 0 Å². The Morgan fingerprint density at radius 2 is 1.88 bits per heavy atom. The predicted molar refractivity (Wildman–Crippen MR) is 71.5 cm³/mol. The second kappa shape index (κ2) is 4.51. The van der Waals surface area contributed by atoms with E-state index in [-0.39, 0.29) is 0 Å². The molecule has 1 aromatic rings. The van der Waals surface area contributed by atoms with Crippen molar-refractivity contribution in [2.24, 2.45) is 5.41 Å². The van der Waals surface area contributed by atoms with Crippen molar-refractivity contribution in [3.8, 4) is 0 Å². The molecule has 0 radical (unpaired) electrons. The van der Waals surface area contributed by atoms with Gasteiger partial charge in [0.2, 0.25) is 5.95 Å². The van der Waals surface area contributed by atoms with Gasteiger partial charge in [-0.05, 0) is 25.2 Å². The minimum absolute atomic E-state index is 0.477. The lowest BCUT2D eigenvalue weighted by Crippen LogP contribution is -2.37. The van der Waals surface area contributed by atoms with Crippen LogP contribution < -0.4 is 10.2 Å². The summed E-state index contributed by atoms with van der Waals surface area (Å²) in [5.41, 5.74) is 1.49. The van der Waals surface area contributed by atoms with E-state index in [0.29, 0.717) is 11.4 Å². The van der Waals surface area contributed by atoms with E-state index in [4.69, 9.17) is 0 Å². The number of rotatable bonds is 2. The first-order chi connectivity index (χ1) is 8.00. The molecule has 2 heterocycles. The Morgan fingerprint density at radius 3 is 2.47 bits per heavy atom. The van der Waals surface area contributed by atoms with Crippen molar-refractivity contribution in [3.05, 3.63) is 11.8 Å². The van der Waals surface area contributed by atoms with Gasteiger partial charge in [0.15, 0.2) is 0 Å². The minimum atomic E-state index is 0.477. The van der Waals surface area contributed by atoms with Crippen molar-refractivity contribution in [2.45, 2.75) is 33.6 Å². The molecule has 1 aliphatic heterocycles. The molecule has 4 heteroatoms. The second-order valence-corrected chi connectivity index (χ2v) is 5.59. The van der Waals surface area contributed by atoms with Crippen LogP contribution >= 0.6 is 0 Å². The Kier molecular flexibility index (Phi) is 3.22. The van der Waals surface area contributed by atoms with E-state index in [9.17, 15) is 0 Å². The van der Waals surface area contributed by atoms with E-state index in [0.717, 1.165) is 24.6 Å². The van der Waals surface area contributed by atoms with Crippen molar-refractivity contribution < 1.29 is 0 Å². The molecule has 0 saturated carbocycles. The number of hydrogen-bond donors (Lipinski definition) is 1. The number of aryl methyl sites for hydroxylation is 1. The molecule has 1 saturated heterocycles. The number of aromatic nitrogens is 2. The smallest absolute Gasteiger partial charge is 0.224 e. The average molecular weight is 234 g/mol. The number of nitrogens with zero attached hydrogens (tertiary/aromatic N) is 3. The first-order valence-corrected chi connectivity index (χ1v) is 6.28. The summed E-state index contributed by atoms with van der Waals surface area (Å²) in [6.07, 6.45) is 2.45. The van der Waals surface area contributed by atoms with E-state index < -0.39 is 0 Å². The highest BCUT2D eigenvalue weighted by Crippen LogP contribution is 2.31. The van der Waals surface area contributed by atoms with Crippen molar-refractivity contribution in [2.75, 3.05) is 30.4 Å². The summed E-state index contributed by atoms with van der Waals surface area (Å²) in [5, 5.41) is 3.01. The predicted octanol–water partition coefficient (Wildman–Crippen LogP) is 2.45. The molecule has 94 valence electrons. The molecule has 0 spiro atoms. The van der Waals surface area contributed by atoms with Gasteiger partial charge in [0.1, 0.15) is 5.82 Å². The normalized spacial score (nSPS) is 19.2. The maximum absolute atomic E-state index is 4.53. The Bertz CT molecular complexity index is 390. The van der Waals surface area contributed by atoms with Gasteiger partial charge in [0.05, 0.1) is 0 Å². The molecule has 0 bridgehead atoms. The van der Waals surface area contributed by atoms with E-state index in [1.165, 1.54) is 12.8 Å². The maximum Gasteiger partial charge on any atom is 0.224 e. The molecular weight excluding hydrogens is 212 g/mol. The summed E-state index contributed by atoms with van der Waals surface area (Å²) in [6.45, 7) is 8.88. The fourth-order valence-corrected chi connectivity index (χ4v) is 2.17. The van der Waals surface area contributed by atoms with Crippen LogP contribution in [-0.4, -0.2) is 30.1 Å². The summed E-state index contributed by atoms with van der Waals surface area (Å²) in [6, 6.07) is 2.07. The van der Waals surface area contributed by atoms with Gasteiger partial charge in [-0.2, -0.15) is 4.98 Å². The second-order valence-electron chi connectivity index (χ2n) is 5.59. The molecule has 0 amide bonds. The molecule has 0 aromatic carbocycles. The molecule has 1 fully saturated rings. The van der Waals surface area contributed by atoms with Crippen LogP contribution in [0.2, 0.25) is 0 Å². The molecule has 1 N–H and O–H groups in total. The fourth-order valence-electron chi connectivity index (χ4n) is 2.17. The van der Waals surface area contributed by atoms with Gasteiger partial charge >= 0.3 is 0 Å². The molecule has 0 atom stereocenters. The van der Waals surface area contributed by atoms with Gasteiger partial charge in [0, 0.05) is 31.9 Å². The van der Waals surface area contributed by atoms with Crippen LogP contribution in [0.4, 0.5) is 11.8 Å². The molecule has 0 aliphatic carbocycles. The Balaban J connectivity index is 2.15. The zero-order valence-corrected chi connectivity index (χ0v) is 11.2. The first-order valence-electron chi connectivity index (χ1n) is 6.28. The van der Waals surface area contributed by atoms with Crippen LogP contribution in [0, 0.1) is 12.3 Å². The lowest BCUT2D eigenvalue weighted by molar-refractivity contribution is 0.279. The molecule has 4 nitrogen and oxygen atoms in total. The van der Waals surface area contributed by atoms with Crippen LogP contribution in [0.3, 0.4) is 0 Å². The molecule has 0 unspecified atom stereocenters. The molecule has 1 aliphatic rings. The Hall–Kier alpha value is -1.32. The summed E-state index contributed by atoms with van der Waals surface area (Å²) in [4.78, 5) is 11.2. The molecule has 17 heavy (non-hydrogen) atoms. The number of anilines is 2. The molecule has 1 aromatic heterocycles. The van der Waals surface area contributed by atoms with Gasteiger partial charge in [-0.1, -0.05) is 13.8 Å². The highest BCUT2D eigenvalue weighted by molar-refractivity contribution is 5.44. The zero-order valence-electron chi connectivity index (χ0n) is 11.2. The van der Waals surface area contributed by atoms with Gasteiger partial charge in [-0.3, -0.25) is 0 Å². The number of piperidine rings is 1. The lowest BCUT2D eigenvalue weighted by atomic mass is 9.83. The zero-order chi connectivity index (χ0) is 12.5. The summed E-state index contributed by atoms with van der Waals surface area (Å²) in [7, 11) is 1.86. The van der Waals surface area contributed by atoms with Crippen molar-refractivity contribution >= 4 is 11.8 Å².